The van der Waals surface area contributed by atoms with Crippen LogP contribution in [0.3, 0.4) is 0 Å². The first-order valence-electron chi connectivity index (χ1n) is 7.38. The van der Waals surface area contributed by atoms with Gasteiger partial charge in [0.2, 0.25) is 0 Å². The summed E-state index contributed by atoms with van der Waals surface area (Å²) in [5.74, 6) is 3.84. The van der Waals surface area contributed by atoms with Gasteiger partial charge in [0.05, 0.1) is 11.8 Å². The minimum atomic E-state index is -0.227. The van der Waals surface area contributed by atoms with Gasteiger partial charge in [-0.2, -0.15) is 0 Å². The van der Waals surface area contributed by atoms with E-state index in [0.29, 0.717) is 16.8 Å². The monoisotopic (exact) mass is 289 g/mol. The molecule has 0 saturated carbocycles. The fourth-order valence-electron chi connectivity index (χ4n) is 3.16. The maximum Gasteiger partial charge on any atom is 0.307 e. The molecule has 0 radical (unpaired) electrons. The summed E-state index contributed by atoms with van der Waals surface area (Å²) in [4.78, 5) is 12.8. The molecule has 1 heterocycles. The Morgan fingerprint density at radius 1 is 1.10 bits per heavy atom. The van der Waals surface area contributed by atoms with Crippen molar-refractivity contribution in [3.63, 3.8) is 0 Å². The Balaban J connectivity index is 1.87. The number of allylic oxidation sites excluding steroid dienone is 7. The number of rotatable bonds is 2. The summed E-state index contributed by atoms with van der Waals surface area (Å²) < 4.78 is 5.39. The maximum atomic E-state index is 11.2. The molecule has 3 heteroatoms. The molecule has 0 bridgehead atoms. The van der Waals surface area contributed by atoms with Crippen molar-refractivity contribution in [2.45, 2.75) is 26.2 Å². The van der Waals surface area contributed by atoms with E-state index in [9.17, 15) is 4.79 Å². The van der Waals surface area contributed by atoms with Crippen LogP contribution < -0.4 is 0 Å². The molecule has 3 aliphatic rings. The van der Waals surface area contributed by atoms with Gasteiger partial charge in [-0.1, -0.05) is 24.3 Å². The molecule has 3 rings (SSSR count). The number of carbonyl (C=O) groups is 1. The highest BCUT2D eigenvalue weighted by molar-refractivity contribution is 8.00. The summed E-state index contributed by atoms with van der Waals surface area (Å²) in [5.41, 5.74) is 0. The SMILES string of the molecule is CC(=O)OC1=CC=C([S+]2CCCCC2)C2C=CC=CC12. The van der Waals surface area contributed by atoms with E-state index in [-0.39, 0.29) is 11.9 Å². The lowest BCUT2D eigenvalue weighted by Crippen LogP contribution is -2.30. The third kappa shape index (κ3) is 2.78. The van der Waals surface area contributed by atoms with Crippen molar-refractivity contribution in [2.75, 3.05) is 11.5 Å². The highest BCUT2D eigenvalue weighted by Crippen LogP contribution is 2.40. The molecule has 1 aliphatic heterocycles. The van der Waals surface area contributed by atoms with E-state index in [1.54, 1.807) is 4.91 Å². The van der Waals surface area contributed by atoms with E-state index in [4.69, 9.17) is 4.74 Å². The third-order valence-corrected chi connectivity index (χ3v) is 6.72. The summed E-state index contributed by atoms with van der Waals surface area (Å²) in [6.45, 7) is 1.47. The maximum absolute atomic E-state index is 11.2. The third-order valence-electron chi connectivity index (χ3n) is 4.08. The molecule has 2 atom stereocenters. The summed E-state index contributed by atoms with van der Waals surface area (Å²) in [6, 6.07) is 0. The number of hydrogen-bond donors (Lipinski definition) is 0. The first-order chi connectivity index (χ1) is 9.75. The van der Waals surface area contributed by atoms with Gasteiger partial charge in [0, 0.05) is 17.8 Å². The van der Waals surface area contributed by atoms with E-state index < -0.39 is 0 Å². The standard InChI is InChI=1S/C17H21O2S/c1-13(18)19-16-9-10-17(20-11-5-2-6-12-20)15-8-4-3-7-14(15)16/h3-4,7-10,14-15H,2,5-6,11-12H2,1H3/q+1. The van der Waals surface area contributed by atoms with Crippen molar-refractivity contribution in [3.05, 3.63) is 47.1 Å². The number of fused-ring (bicyclic) bond motifs is 1. The molecule has 2 aliphatic carbocycles. The molecule has 0 aromatic carbocycles. The Morgan fingerprint density at radius 2 is 1.80 bits per heavy atom. The van der Waals surface area contributed by atoms with Gasteiger partial charge < -0.3 is 4.74 Å². The Kier molecular flexibility index (Phi) is 4.16. The summed E-state index contributed by atoms with van der Waals surface area (Å²) in [5, 5.41) is 0. The van der Waals surface area contributed by atoms with Crippen molar-refractivity contribution in [2.24, 2.45) is 11.8 Å². The van der Waals surface area contributed by atoms with Crippen LogP contribution in [-0.2, 0) is 20.4 Å². The molecule has 20 heavy (non-hydrogen) atoms. The van der Waals surface area contributed by atoms with Crippen LogP contribution in [0.2, 0.25) is 0 Å². The zero-order chi connectivity index (χ0) is 13.9. The molecular formula is C17H21O2S+. The lowest BCUT2D eigenvalue weighted by atomic mass is 9.83. The van der Waals surface area contributed by atoms with E-state index in [1.165, 1.54) is 37.7 Å². The molecule has 1 saturated heterocycles. The highest BCUT2D eigenvalue weighted by atomic mass is 32.2. The van der Waals surface area contributed by atoms with Crippen LogP contribution in [0.4, 0.5) is 0 Å². The van der Waals surface area contributed by atoms with Crippen LogP contribution in [0.15, 0.2) is 47.1 Å². The quantitative estimate of drug-likeness (QED) is 0.574. The Bertz CT molecular complexity index is 507. The summed E-state index contributed by atoms with van der Waals surface area (Å²) >= 11 is 0. The van der Waals surface area contributed by atoms with E-state index in [0.717, 1.165) is 5.76 Å². The molecule has 2 nitrogen and oxygen atoms in total. The van der Waals surface area contributed by atoms with Gasteiger partial charge in [-0.05, 0) is 31.4 Å². The van der Waals surface area contributed by atoms with Gasteiger partial charge in [-0.25, -0.2) is 0 Å². The van der Waals surface area contributed by atoms with Gasteiger partial charge in [0.15, 0.2) is 0 Å². The molecule has 2 unspecified atom stereocenters. The number of hydrogen-bond acceptors (Lipinski definition) is 2. The van der Waals surface area contributed by atoms with Crippen LogP contribution >= 0.6 is 0 Å². The van der Waals surface area contributed by atoms with Gasteiger partial charge >= 0.3 is 5.97 Å². The second-order valence-corrected chi connectivity index (χ2v) is 7.79. The first kappa shape index (κ1) is 13.7. The van der Waals surface area contributed by atoms with E-state index in [2.05, 4.69) is 30.4 Å². The Morgan fingerprint density at radius 3 is 2.50 bits per heavy atom. The van der Waals surface area contributed by atoms with Crippen LogP contribution in [0.25, 0.3) is 0 Å². The average molecular weight is 289 g/mol. The largest absolute Gasteiger partial charge is 0.431 e. The first-order valence-corrected chi connectivity index (χ1v) is 8.94. The lowest BCUT2D eigenvalue weighted by Gasteiger charge is -2.30. The molecule has 0 spiro atoms. The predicted molar refractivity (Wildman–Crippen MR) is 84.1 cm³/mol. The molecule has 0 aromatic heterocycles. The number of carbonyl (C=O) groups excluding carboxylic acids is 1. The van der Waals surface area contributed by atoms with Crippen LogP contribution in [0, 0.1) is 11.8 Å². The average Bonchev–Trinajstić information content (AvgIpc) is 2.48. The number of esters is 1. The van der Waals surface area contributed by atoms with Crippen molar-refractivity contribution in [1.29, 1.82) is 0 Å². The van der Waals surface area contributed by atoms with Crippen LogP contribution in [0.1, 0.15) is 26.2 Å². The minimum Gasteiger partial charge on any atom is -0.431 e. The second-order valence-electron chi connectivity index (χ2n) is 5.51. The molecule has 0 amide bonds. The number of ether oxygens (including phenoxy) is 1. The Hall–Kier alpha value is -1.22. The minimum absolute atomic E-state index is 0.207. The van der Waals surface area contributed by atoms with Crippen LogP contribution in [-0.4, -0.2) is 17.5 Å². The van der Waals surface area contributed by atoms with Crippen molar-refractivity contribution < 1.29 is 9.53 Å². The lowest BCUT2D eigenvalue weighted by molar-refractivity contribution is -0.137. The van der Waals surface area contributed by atoms with Gasteiger partial charge in [0.25, 0.3) is 0 Å². The topological polar surface area (TPSA) is 26.3 Å². The summed E-state index contributed by atoms with van der Waals surface area (Å²) in [7, 11) is 0.414. The predicted octanol–water partition coefficient (Wildman–Crippen LogP) is 3.49. The second kappa shape index (κ2) is 6.04. The molecular weight excluding hydrogens is 268 g/mol. The molecule has 1 fully saturated rings. The van der Waals surface area contributed by atoms with Crippen molar-refractivity contribution in [3.8, 4) is 0 Å². The summed E-state index contributed by atoms with van der Waals surface area (Å²) in [6.07, 6.45) is 17.0. The molecule has 0 N–H and O–H groups in total. The van der Waals surface area contributed by atoms with Crippen molar-refractivity contribution >= 4 is 16.9 Å². The normalized spacial score (nSPS) is 29.4. The van der Waals surface area contributed by atoms with Gasteiger partial charge in [0.1, 0.15) is 22.2 Å². The Labute approximate surface area is 123 Å². The van der Waals surface area contributed by atoms with Gasteiger partial charge in [-0.3, -0.25) is 4.79 Å². The zero-order valence-electron chi connectivity index (χ0n) is 11.9. The molecule has 106 valence electrons. The van der Waals surface area contributed by atoms with Gasteiger partial charge in [-0.15, -0.1) is 0 Å². The fraction of sp³-hybridized carbons (Fsp3) is 0.471. The fourth-order valence-corrected chi connectivity index (χ4v) is 5.81. The van der Waals surface area contributed by atoms with E-state index in [1.807, 2.05) is 6.08 Å². The van der Waals surface area contributed by atoms with E-state index >= 15 is 0 Å². The zero-order valence-corrected chi connectivity index (χ0v) is 12.7. The van der Waals surface area contributed by atoms with Crippen molar-refractivity contribution in [1.82, 2.24) is 0 Å². The molecule has 0 aromatic rings. The smallest absolute Gasteiger partial charge is 0.307 e. The highest BCUT2D eigenvalue weighted by Gasteiger charge is 2.39. The van der Waals surface area contributed by atoms with Crippen LogP contribution in [0.5, 0.6) is 0 Å².